The van der Waals surface area contributed by atoms with Crippen molar-refractivity contribution in [1.82, 2.24) is 10.2 Å². The summed E-state index contributed by atoms with van der Waals surface area (Å²) >= 11 is 13.3. The maximum Gasteiger partial charge on any atom is 0.284 e. The number of nitrogens with zero attached hydrogens (tertiary/aromatic N) is 2. The van der Waals surface area contributed by atoms with Crippen molar-refractivity contribution in [1.29, 1.82) is 0 Å². The Labute approximate surface area is 232 Å². The van der Waals surface area contributed by atoms with Crippen LogP contribution >= 0.6 is 63.7 Å². The number of fused-ring (bicyclic) bond motifs is 1. The zero-order valence-corrected chi connectivity index (χ0v) is 23.9. The third-order valence-electron chi connectivity index (χ3n) is 4.97. The van der Waals surface area contributed by atoms with E-state index >= 15 is 0 Å². The molecule has 0 bridgehead atoms. The second kappa shape index (κ2) is 9.84. The molecule has 0 aromatic heterocycles. The van der Waals surface area contributed by atoms with Crippen molar-refractivity contribution in [2.45, 2.75) is 6.92 Å². The number of carbonyl (C=O) groups is 4. The second-order valence-corrected chi connectivity index (χ2v) is 10.4. The molecule has 3 aromatic carbocycles. The van der Waals surface area contributed by atoms with E-state index in [9.17, 15) is 24.3 Å². The fourth-order valence-electron chi connectivity index (χ4n) is 3.35. The Kier molecular flexibility index (Phi) is 7.18. The smallest absolute Gasteiger partial charge is 0.284 e. The van der Waals surface area contributed by atoms with Gasteiger partial charge in [-0.2, -0.15) is 0 Å². The van der Waals surface area contributed by atoms with Gasteiger partial charge in [-0.3, -0.25) is 19.2 Å². The van der Waals surface area contributed by atoms with Gasteiger partial charge in [0.25, 0.3) is 17.7 Å². The van der Waals surface area contributed by atoms with Crippen molar-refractivity contribution in [3.63, 3.8) is 0 Å². The Morgan fingerprint density at radius 1 is 0.857 bits per heavy atom. The lowest BCUT2D eigenvalue weighted by Crippen LogP contribution is -2.50. The quantitative estimate of drug-likeness (QED) is 0.113. The molecule has 4 rings (SSSR count). The molecule has 0 fully saturated rings. The summed E-state index contributed by atoms with van der Waals surface area (Å²) < 4.78 is 1.61. The molecule has 0 saturated carbocycles. The molecule has 35 heavy (non-hydrogen) atoms. The number of hydroxylamine groups is 1. The van der Waals surface area contributed by atoms with Crippen molar-refractivity contribution in [2.24, 2.45) is 0 Å². The van der Waals surface area contributed by atoms with Crippen molar-refractivity contribution in [2.75, 3.05) is 0 Å². The van der Waals surface area contributed by atoms with Gasteiger partial charge in [-0.05, 0) is 75.9 Å². The van der Waals surface area contributed by atoms with E-state index in [1.807, 2.05) is 0 Å². The minimum absolute atomic E-state index is 0.0150. The average Bonchev–Trinajstić information content (AvgIpc) is 3.09. The Bertz CT molecular complexity index is 1380. The van der Waals surface area contributed by atoms with Gasteiger partial charge < -0.3 is 9.94 Å². The molecule has 1 N–H and O–H groups in total. The first kappa shape index (κ1) is 25.5. The van der Waals surface area contributed by atoms with Crippen molar-refractivity contribution in [3.05, 3.63) is 88.7 Å². The van der Waals surface area contributed by atoms with Gasteiger partial charge in [0.2, 0.25) is 0 Å². The van der Waals surface area contributed by atoms with E-state index in [0.717, 1.165) is 13.0 Å². The average molecular weight is 732 g/mol. The van der Waals surface area contributed by atoms with Crippen molar-refractivity contribution in [3.8, 4) is 11.5 Å². The molecule has 0 atom stereocenters. The number of hydrazine groups is 1. The largest absolute Gasteiger partial charge is 0.507 e. The number of phenols is 1. The summed E-state index contributed by atoms with van der Waals surface area (Å²) in [6, 6.07) is 12.1. The highest BCUT2D eigenvalue weighted by atomic mass is 79.9. The van der Waals surface area contributed by atoms with E-state index < -0.39 is 29.3 Å². The van der Waals surface area contributed by atoms with Crippen LogP contribution in [0.1, 0.15) is 43.6 Å². The number of aromatic hydroxyl groups is 1. The molecule has 0 radical (unpaired) electrons. The summed E-state index contributed by atoms with van der Waals surface area (Å²) in [6.07, 6.45) is 0. The van der Waals surface area contributed by atoms with Crippen LogP contribution in [-0.4, -0.2) is 38.8 Å². The minimum atomic E-state index is -0.805. The van der Waals surface area contributed by atoms with Gasteiger partial charge in [0, 0.05) is 36.4 Å². The monoisotopic (exact) mass is 728 g/mol. The van der Waals surface area contributed by atoms with Gasteiger partial charge in [0.05, 0.1) is 16.7 Å². The molecule has 12 heteroatoms. The van der Waals surface area contributed by atoms with Crippen LogP contribution in [0.5, 0.6) is 11.5 Å². The summed E-state index contributed by atoms with van der Waals surface area (Å²) in [4.78, 5) is 57.0. The number of amides is 3. The number of phenolic OH excluding ortho intramolecular Hbond substituents is 1. The fourth-order valence-corrected chi connectivity index (χ4v) is 5.81. The summed E-state index contributed by atoms with van der Waals surface area (Å²) in [7, 11) is 0. The van der Waals surface area contributed by atoms with E-state index in [1.165, 1.54) is 12.1 Å². The number of hydrogen-bond donors (Lipinski definition) is 1. The first-order valence-corrected chi connectivity index (χ1v) is 12.9. The summed E-state index contributed by atoms with van der Waals surface area (Å²) in [5, 5.41) is 11.5. The molecule has 1 aliphatic rings. The predicted octanol–water partition coefficient (Wildman–Crippen LogP) is 6.03. The molecule has 0 unspecified atom stereocenters. The lowest BCUT2D eigenvalue weighted by Gasteiger charge is -2.27. The topological polar surface area (TPSA) is 104 Å². The van der Waals surface area contributed by atoms with Crippen molar-refractivity contribution < 1.29 is 29.1 Å². The van der Waals surface area contributed by atoms with E-state index in [4.69, 9.17) is 4.84 Å². The molecule has 0 aliphatic carbocycles. The minimum Gasteiger partial charge on any atom is -0.507 e. The summed E-state index contributed by atoms with van der Waals surface area (Å²) in [5.41, 5.74) is 0.444. The van der Waals surface area contributed by atoms with Crippen LogP contribution in [0.3, 0.4) is 0 Å². The van der Waals surface area contributed by atoms with Crippen LogP contribution in [0.2, 0.25) is 0 Å². The third-order valence-corrected chi connectivity index (χ3v) is 9.74. The molecule has 3 aromatic rings. The number of imide groups is 1. The number of benzene rings is 3. The highest BCUT2D eigenvalue weighted by Gasteiger charge is 2.46. The maximum atomic E-state index is 13.2. The van der Waals surface area contributed by atoms with E-state index in [-0.39, 0.29) is 22.4 Å². The van der Waals surface area contributed by atoms with Gasteiger partial charge in [0.1, 0.15) is 5.75 Å². The SMILES string of the molecule is CC(=O)N(Oc1ccc(C(=O)c2ccccc2)c(O)c1)N1C(=O)c2c(Br)c(Br)c(Br)c(Br)c2C1=O. The zero-order chi connectivity index (χ0) is 25.6. The number of rotatable bonds is 5. The molecule has 0 saturated heterocycles. The van der Waals surface area contributed by atoms with E-state index in [0.29, 0.717) is 33.6 Å². The molecule has 178 valence electrons. The molecular weight excluding hydrogens is 720 g/mol. The van der Waals surface area contributed by atoms with Gasteiger partial charge >= 0.3 is 0 Å². The summed E-state index contributed by atoms with van der Waals surface area (Å²) in [6.45, 7) is 1.10. The molecule has 1 heterocycles. The summed E-state index contributed by atoms with van der Waals surface area (Å²) in [5.74, 6) is -3.29. The Balaban J connectivity index is 1.67. The molecule has 1 aliphatic heterocycles. The number of carbonyl (C=O) groups excluding carboxylic acids is 4. The second-order valence-electron chi connectivity index (χ2n) is 7.19. The van der Waals surface area contributed by atoms with Crippen LogP contribution in [0.15, 0.2) is 66.4 Å². The number of ketones is 1. The van der Waals surface area contributed by atoms with Gasteiger partial charge in [-0.1, -0.05) is 35.5 Å². The van der Waals surface area contributed by atoms with Crippen molar-refractivity contribution >= 4 is 87.2 Å². The predicted molar refractivity (Wildman–Crippen MR) is 139 cm³/mol. The highest BCUT2D eigenvalue weighted by Crippen LogP contribution is 2.45. The highest BCUT2D eigenvalue weighted by molar-refractivity contribution is 9.15. The van der Waals surface area contributed by atoms with E-state index in [1.54, 1.807) is 30.3 Å². The van der Waals surface area contributed by atoms with Gasteiger partial charge in [-0.15, -0.1) is 5.01 Å². The standard InChI is InChI=1S/C23H12Br4N2O6/c1-10(30)29(28-22(33)15-16(23(28)34)18(25)20(27)19(26)17(15)24)35-12-7-8-13(14(31)9-12)21(32)11-5-3-2-4-6-11/h2-9,31H,1H3. The number of hydrogen-bond acceptors (Lipinski definition) is 6. The molecule has 3 amide bonds. The van der Waals surface area contributed by atoms with Crippen LogP contribution in [0, 0.1) is 0 Å². The Morgan fingerprint density at radius 2 is 1.40 bits per heavy atom. The first-order valence-electron chi connectivity index (χ1n) is 9.70. The number of halogens is 4. The third kappa shape index (κ3) is 4.44. The maximum absolute atomic E-state index is 13.2. The molecular formula is C23H12Br4N2O6. The molecule has 0 spiro atoms. The lowest BCUT2D eigenvalue weighted by molar-refractivity contribution is -0.191. The van der Waals surface area contributed by atoms with Crippen LogP contribution in [-0.2, 0) is 4.79 Å². The zero-order valence-electron chi connectivity index (χ0n) is 17.5. The first-order chi connectivity index (χ1) is 16.5. The Hall–Kier alpha value is -2.54. The Morgan fingerprint density at radius 3 is 1.89 bits per heavy atom. The van der Waals surface area contributed by atoms with Gasteiger partial charge in [-0.25, -0.2) is 0 Å². The lowest BCUT2D eigenvalue weighted by atomic mass is 10.0. The van der Waals surface area contributed by atoms with E-state index in [2.05, 4.69) is 63.7 Å². The van der Waals surface area contributed by atoms with Crippen LogP contribution in [0.25, 0.3) is 0 Å². The van der Waals surface area contributed by atoms with Crippen LogP contribution < -0.4 is 4.84 Å². The van der Waals surface area contributed by atoms with Crippen LogP contribution in [0.4, 0.5) is 0 Å². The van der Waals surface area contributed by atoms with Gasteiger partial charge in [0.15, 0.2) is 11.5 Å². The molecule has 8 nitrogen and oxygen atoms in total. The fraction of sp³-hybridized carbons (Fsp3) is 0.0435. The normalized spacial score (nSPS) is 12.5.